The molecular weight excluding hydrogens is 877 g/mol. The summed E-state index contributed by atoms with van der Waals surface area (Å²) in [7, 11) is 0. The number of carbonyl (C=O) groups excluding carboxylic acids is 3. The minimum Gasteiger partial charge on any atom is -0.462 e. The number of ether oxygens (including phenoxy) is 3. The highest BCUT2D eigenvalue weighted by Crippen LogP contribution is 2.16. The van der Waals surface area contributed by atoms with Crippen LogP contribution in [-0.4, -0.2) is 37.2 Å². The van der Waals surface area contributed by atoms with Crippen molar-refractivity contribution in [2.45, 2.75) is 309 Å². The monoisotopic (exact) mass is 991 g/mol. The van der Waals surface area contributed by atoms with E-state index in [2.05, 4.69) is 93.7 Å². The number of hydrogen-bond acceptors (Lipinski definition) is 6. The third-order valence-electron chi connectivity index (χ3n) is 13.2. The molecule has 0 fully saturated rings. The van der Waals surface area contributed by atoms with Crippen molar-refractivity contribution in [3.8, 4) is 0 Å². The Balaban J connectivity index is 4.09. The van der Waals surface area contributed by atoms with Gasteiger partial charge in [0.1, 0.15) is 13.2 Å². The summed E-state index contributed by atoms with van der Waals surface area (Å²) in [6, 6.07) is 0. The fourth-order valence-electron chi connectivity index (χ4n) is 8.64. The smallest absolute Gasteiger partial charge is 0.306 e. The molecule has 0 rings (SSSR count). The maximum atomic E-state index is 12.8. The first-order chi connectivity index (χ1) is 35.0. The molecule has 410 valence electrons. The van der Waals surface area contributed by atoms with Gasteiger partial charge in [0.2, 0.25) is 0 Å². The van der Waals surface area contributed by atoms with Crippen LogP contribution in [-0.2, 0) is 28.6 Å². The van der Waals surface area contributed by atoms with Crippen LogP contribution in [0, 0.1) is 0 Å². The second-order valence-corrected chi connectivity index (χ2v) is 20.2. The molecule has 0 aliphatic heterocycles. The van der Waals surface area contributed by atoms with E-state index in [0.717, 1.165) is 103 Å². The van der Waals surface area contributed by atoms with Crippen molar-refractivity contribution in [1.29, 1.82) is 0 Å². The van der Waals surface area contributed by atoms with Crippen LogP contribution in [0.3, 0.4) is 0 Å². The molecular formula is C65H114O6. The van der Waals surface area contributed by atoms with Crippen LogP contribution in [0.2, 0.25) is 0 Å². The highest BCUT2D eigenvalue weighted by Gasteiger charge is 2.19. The highest BCUT2D eigenvalue weighted by atomic mass is 16.6. The molecule has 1 unspecified atom stereocenters. The summed E-state index contributed by atoms with van der Waals surface area (Å²) in [4.78, 5) is 38.0. The molecule has 71 heavy (non-hydrogen) atoms. The van der Waals surface area contributed by atoms with E-state index in [9.17, 15) is 14.4 Å². The SMILES string of the molecule is CC/C=C\C/C=C\C/C=C\C/C=C\C/C=C\CCCCCCCCCCCCCCCCCC(=O)OCC(COC(=O)CCCCCCCCCCCC)OC(=O)CCCCCCC/C=C\CCCCC. The Labute approximate surface area is 440 Å². The van der Waals surface area contributed by atoms with Crippen molar-refractivity contribution in [3.63, 3.8) is 0 Å². The molecule has 1 atom stereocenters. The van der Waals surface area contributed by atoms with Crippen molar-refractivity contribution in [2.75, 3.05) is 13.2 Å². The minimum absolute atomic E-state index is 0.0744. The number of hydrogen-bond donors (Lipinski definition) is 0. The van der Waals surface area contributed by atoms with Crippen LogP contribution in [0.25, 0.3) is 0 Å². The summed E-state index contributed by atoms with van der Waals surface area (Å²) < 4.78 is 16.8. The van der Waals surface area contributed by atoms with E-state index < -0.39 is 6.10 Å². The standard InChI is InChI=1S/C65H114O6/c1-4-7-10-13-16-19-22-24-25-26-27-28-29-30-31-32-33-34-35-36-37-38-39-40-41-42-44-46-49-52-55-58-64(67)70-61-62(60-69-63(66)57-54-51-48-45-21-18-15-12-9-6-3)71-65(68)59-56-53-50-47-43-23-20-17-14-11-8-5-2/h7,10,16-17,19-20,24-25,27-28,30-31,62H,4-6,8-9,11-15,18,21-23,26,29,32-61H2,1-3H3/b10-7-,19-16-,20-17-,25-24-,28-27-,31-30-. The summed E-state index contributed by atoms with van der Waals surface area (Å²) in [5.41, 5.74) is 0. The molecule has 6 heteroatoms. The second-order valence-electron chi connectivity index (χ2n) is 20.2. The van der Waals surface area contributed by atoms with Gasteiger partial charge in [-0.3, -0.25) is 14.4 Å². The van der Waals surface area contributed by atoms with Crippen molar-refractivity contribution in [3.05, 3.63) is 72.9 Å². The molecule has 0 aliphatic rings. The largest absolute Gasteiger partial charge is 0.462 e. The molecule has 0 bridgehead atoms. The average Bonchev–Trinajstić information content (AvgIpc) is 3.37. The van der Waals surface area contributed by atoms with Gasteiger partial charge in [0.05, 0.1) is 0 Å². The minimum atomic E-state index is -0.775. The highest BCUT2D eigenvalue weighted by molar-refractivity contribution is 5.71. The first kappa shape index (κ1) is 67.8. The van der Waals surface area contributed by atoms with Gasteiger partial charge in [-0.15, -0.1) is 0 Å². The Kier molecular flexibility index (Phi) is 56.8. The number of allylic oxidation sites excluding steroid dienone is 12. The van der Waals surface area contributed by atoms with Crippen LogP contribution in [0.15, 0.2) is 72.9 Å². The maximum Gasteiger partial charge on any atom is 0.306 e. The van der Waals surface area contributed by atoms with Gasteiger partial charge in [-0.1, -0.05) is 267 Å². The zero-order chi connectivity index (χ0) is 51.4. The van der Waals surface area contributed by atoms with Crippen LogP contribution >= 0.6 is 0 Å². The molecule has 0 aromatic heterocycles. The Hall–Kier alpha value is -3.15. The van der Waals surface area contributed by atoms with E-state index in [1.807, 2.05) is 0 Å². The molecule has 0 aliphatic carbocycles. The summed E-state index contributed by atoms with van der Waals surface area (Å²) >= 11 is 0. The van der Waals surface area contributed by atoms with E-state index >= 15 is 0 Å². The molecule has 6 nitrogen and oxygen atoms in total. The van der Waals surface area contributed by atoms with Crippen molar-refractivity contribution in [2.24, 2.45) is 0 Å². The molecule has 0 saturated carbocycles. The molecule has 0 spiro atoms. The van der Waals surface area contributed by atoms with Crippen LogP contribution < -0.4 is 0 Å². The fourth-order valence-corrected chi connectivity index (χ4v) is 8.64. The van der Waals surface area contributed by atoms with Gasteiger partial charge in [-0.2, -0.15) is 0 Å². The summed E-state index contributed by atoms with van der Waals surface area (Å²) in [6.07, 6.45) is 76.3. The number of esters is 3. The van der Waals surface area contributed by atoms with Crippen LogP contribution in [0.4, 0.5) is 0 Å². The zero-order valence-corrected chi connectivity index (χ0v) is 47.0. The van der Waals surface area contributed by atoms with Gasteiger partial charge in [0, 0.05) is 19.3 Å². The quantitative estimate of drug-likeness (QED) is 0.0261. The maximum absolute atomic E-state index is 12.8. The topological polar surface area (TPSA) is 78.9 Å². The van der Waals surface area contributed by atoms with E-state index in [0.29, 0.717) is 19.3 Å². The lowest BCUT2D eigenvalue weighted by Gasteiger charge is -2.18. The fraction of sp³-hybridized carbons (Fsp3) is 0.769. The Morgan fingerprint density at radius 2 is 0.549 bits per heavy atom. The van der Waals surface area contributed by atoms with E-state index in [1.165, 1.54) is 161 Å². The van der Waals surface area contributed by atoms with Gasteiger partial charge >= 0.3 is 17.9 Å². The molecule has 0 saturated heterocycles. The van der Waals surface area contributed by atoms with Gasteiger partial charge in [0.15, 0.2) is 6.10 Å². The van der Waals surface area contributed by atoms with E-state index in [4.69, 9.17) is 14.2 Å². The molecule has 0 aromatic carbocycles. The average molecular weight is 992 g/mol. The van der Waals surface area contributed by atoms with Crippen LogP contribution in [0.5, 0.6) is 0 Å². The lowest BCUT2D eigenvalue weighted by Crippen LogP contribution is -2.30. The van der Waals surface area contributed by atoms with E-state index in [-0.39, 0.29) is 31.1 Å². The lowest BCUT2D eigenvalue weighted by atomic mass is 10.0. The second kappa shape index (κ2) is 59.4. The van der Waals surface area contributed by atoms with Gasteiger partial charge < -0.3 is 14.2 Å². The Bertz CT molecular complexity index is 1320. The van der Waals surface area contributed by atoms with Crippen molar-refractivity contribution < 1.29 is 28.6 Å². The molecule has 0 radical (unpaired) electrons. The predicted octanol–water partition coefficient (Wildman–Crippen LogP) is 20.5. The first-order valence-electron chi connectivity index (χ1n) is 30.4. The van der Waals surface area contributed by atoms with E-state index in [1.54, 1.807) is 0 Å². The van der Waals surface area contributed by atoms with Crippen LogP contribution in [0.1, 0.15) is 303 Å². The number of unbranched alkanes of at least 4 members (excludes halogenated alkanes) is 32. The number of rotatable bonds is 55. The van der Waals surface area contributed by atoms with Gasteiger partial charge in [0.25, 0.3) is 0 Å². The molecule has 0 amide bonds. The summed E-state index contributed by atoms with van der Waals surface area (Å²) in [6.45, 7) is 6.50. The molecule has 0 N–H and O–H groups in total. The third-order valence-corrected chi connectivity index (χ3v) is 13.2. The van der Waals surface area contributed by atoms with Crippen molar-refractivity contribution in [1.82, 2.24) is 0 Å². The molecule has 0 heterocycles. The summed E-state index contributed by atoms with van der Waals surface area (Å²) in [5, 5.41) is 0. The van der Waals surface area contributed by atoms with Gasteiger partial charge in [-0.25, -0.2) is 0 Å². The zero-order valence-electron chi connectivity index (χ0n) is 47.0. The Morgan fingerprint density at radius 1 is 0.296 bits per heavy atom. The summed E-state index contributed by atoms with van der Waals surface area (Å²) in [5.74, 6) is -0.875. The Morgan fingerprint density at radius 3 is 0.901 bits per heavy atom. The first-order valence-corrected chi connectivity index (χ1v) is 30.4. The third kappa shape index (κ3) is 57.6. The number of carbonyl (C=O) groups is 3. The van der Waals surface area contributed by atoms with Gasteiger partial charge in [-0.05, 0) is 89.9 Å². The molecule has 0 aromatic rings. The lowest BCUT2D eigenvalue weighted by molar-refractivity contribution is -0.167. The normalized spacial score (nSPS) is 12.5. The van der Waals surface area contributed by atoms with Crippen molar-refractivity contribution >= 4 is 17.9 Å². The predicted molar refractivity (Wildman–Crippen MR) is 307 cm³/mol.